The van der Waals surface area contributed by atoms with Gasteiger partial charge in [-0.15, -0.1) is 0 Å². The van der Waals surface area contributed by atoms with Crippen LogP contribution in [0, 0.1) is 13.8 Å². The van der Waals surface area contributed by atoms with Crippen LogP contribution in [0.4, 0.5) is 0 Å². The molecule has 0 aromatic heterocycles. The maximum absolute atomic E-state index is 6.16. The van der Waals surface area contributed by atoms with Gasteiger partial charge in [0.1, 0.15) is 5.75 Å². The quantitative estimate of drug-likeness (QED) is 0.806. The molecule has 0 radical (unpaired) electrons. The number of hydroxylamine groups is 1. The van der Waals surface area contributed by atoms with Crippen LogP contribution in [-0.2, 0) is 11.4 Å². The van der Waals surface area contributed by atoms with Crippen molar-refractivity contribution < 1.29 is 9.57 Å². The lowest BCUT2D eigenvalue weighted by Crippen LogP contribution is -2.13. The molecule has 0 aliphatic heterocycles. The highest BCUT2D eigenvalue weighted by atomic mass is 35.5. The molecule has 0 amide bonds. The number of hydrogen-bond acceptors (Lipinski definition) is 3. The van der Waals surface area contributed by atoms with E-state index in [1.165, 1.54) is 0 Å². The van der Waals surface area contributed by atoms with E-state index < -0.39 is 0 Å². The normalized spacial score (nSPS) is 10.5. The third-order valence-corrected chi connectivity index (χ3v) is 2.80. The molecule has 0 saturated carbocycles. The highest BCUT2D eigenvalue weighted by Gasteiger charge is 2.13. The molecule has 0 unspecified atom stereocenters. The zero-order valence-corrected chi connectivity index (χ0v) is 10.2. The number of benzene rings is 1. The smallest absolute Gasteiger partial charge is 0.142 e. The first-order valence-electron chi connectivity index (χ1n) is 4.70. The zero-order chi connectivity index (χ0) is 11.4. The average molecular weight is 230 g/mol. The van der Waals surface area contributed by atoms with Gasteiger partial charge in [0.25, 0.3) is 0 Å². The van der Waals surface area contributed by atoms with Gasteiger partial charge in [0.05, 0.1) is 19.2 Å². The molecule has 1 N–H and O–H groups in total. The number of ether oxygens (including phenoxy) is 1. The van der Waals surface area contributed by atoms with Crippen LogP contribution >= 0.6 is 11.6 Å². The summed E-state index contributed by atoms with van der Waals surface area (Å²) in [5, 5.41) is 0.663. The number of methoxy groups -OCH3 is 1. The summed E-state index contributed by atoms with van der Waals surface area (Å²) in [6.07, 6.45) is 0. The van der Waals surface area contributed by atoms with Gasteiger partial charge in [0.2, 0.25) is 0 Å². The Morgan fingerprint density at radius 1 is 1.27 bits per heavy atom. The number of rotatable bonds is 4. The van der Waals surface area contributed by atoms with E-state index in [4.69, 9.17) is 21.2 Å². The lowest BCUT2D eigenvalue weighted by molar-refractivity contribution is 0.0860. The molecule has 3 nitrogen and oxygen atoms in total. The summed E-state index contributed by atoms with van der Waals surface area (Å²) >= 11 is 6.16. The van der Waals surface area contributed by atoms with Gasteiger partial charge >= 0.3 is 0 Å². The maximum Gasteiger partial charge on any atom is 0.142 e. The molecule has 0 fully saturated rings. The van der Waals surface area contributed by atoms with Crippen molar-refractivity contribution in [2.24, 2.45) is 0 Å². The fraction of sp³-hybridized carbons (Fsp3) is 0.455. The van der Waals surface area contributed by atoms with Gasteiger partial charge in [0.15, 0.2) is 0 Å². The molecular formula is C11H16ClNO2. The van der Waals surface area contributed by atoms with Gasteiger partial charge in [-0.05, 0) is 25.0 Å². The highest BCUT2D eigenvalue weighted by Crippen LogP contribution is 2.33. The van der Waals surface area contributed by atoms with E-state index in [0.29, 0.717) is 11.6 Å². The van der Waals surface area contributed by atoms with E-state index in [2.05, 4.69) is 5.48 Å². The van der Waals surface area contributed by atoms with Crippen LogP contribution in [0.1, 0.15) is 16.7 Å². The largest absolute Gasteiger partial charge is 0.495 e. The van der Waals surface area contributed by atoms with Gasteiger partial charge < -0.3 is 9.57 Å². The molecule has 0 saturated heterocycles. The Kier molecular flexibility index (Phi) is 4.39. The predicted octanol–water partition coefficient (Wildman–Crippen LogP) is 2.62. The molecule has 1 rings (SSSR count). The second kappa shape index (κ2) is 5.35. The second-order valence-electron chi connectivity index (χ2n) is 3.36. The molecule has 0 atom stereocenters. The number of nitrogens with one attached hydrogen (secondary N) is 1. The minimum atomic E-state index is 0.575. The van der Waals surface area contributed by atoms with Gasteiger partial charge in [-0.25, -0.2) is 0 Å². The summed E-state index contributed by atoms with van der Waals surface area (Å²) in [6.45, 7) is 4.56. The van der Waals surface area contributed by atoms with Gasteiger partial charge in [-0.3, -0.25) is 0 Å². The van der Waals surface area contributed by atoms with Crippen molar-refractivity contribution in [3.63, 3.8) is 0 Å². The van der Waals surface area contributed by atoms with Crippen LogP contribution < -0.4 is 10.2 Å². The fourth-order valence-electron chi connectivity index (χ4n) is 1.54. The minimum absolute atomic E-state index is 0.575. The van der Waals surface area contributed by atoms with E-state index in [1.54, 1.807) is 14.2 Å². The van der Waals surface area contributed by atoms with Crippen LogP contribution in [0.25, 0.3) is 0 Å². The molecule has 84 valence electrons. The summed E-state index contributed by atoms with van der Waals surface area (Å²) in [4.78, 5) is 4.82. The molecule has 0 heterocycles. The number of hydrogen-bond donors (Lipinski definition) is 1. The van der Waals surface area contributed by atoms with Crippen LogP contribution in [0.2, 0.25) is 5.02 Å². The molecule has 1 aromatic rings. The third-order valence-electron chi connectivity index (χ3n) is 2.33. The fourth-order valence-corrected chi connectivity index (χ4v) is 1.79. The van der Waals surface area contributed by atoms with E-state index >= 15 is 0 Å². The summed E-state index contributed by atoms with van der Waals surface area (Å²) in [5.74, 6) is 0.721. The second-order valence-corrected chi connectivity index (χ2v) is 3.74. The third kappa shape index (κ3) is 2.62. The molecule has 0 bridgehead atoms. The first kappa shape index (κ1) is 12.3. The van der Waals surface area contributed by atoms with Gasteiger partial charge in [-0.2, -0.15) is 5.48 Å². The van der Waals surface area contributed by atoms with E-state index in [9.17, 15) is 0 Å². The van der Waals surface area contributed by atoms with Crippen molar-refractivity contribution in [3.05, 3.63) is 27.8 Å². The Morgan fingerprint density at radius 2 is 1.93 bits per heavy atom. The van der Waals surface area contributed by atoms with Crippen LogP contribution in [0.15, 0.2) is 6.07 Å². The van der Waals surface area contributed by atoms with E-state index in [0.717, 1.165) is 22.4 Å². The predicted molar refractivity (Wildman–Crippen MR) is 61.3 cm³/mol. The topological polar surface area (TPSA) is 30.5 Å². The summed E-state index contributed by atoms with van der Waals surface area (Å²) in [7, 11) is 3.20. The summed E-state index contributed by atoms with van der Waals surface area (Å²) in [6, 6.07) is 2.04. The Labute approximate surface area is 95.3 Å². The van der Waals surface area contributed by atoms with Gasteiger partial charge in [0, 0.05) is 12.1 Å². The Morgan fingerprint density at radius 3 is 2.47 bits per heavy atom. The number of halogens is 1. The van der Waals surface area contributed by atoms with Gasteiger partial charge in [-0.1, -0.05) is 17.7 Å². The lowest BCUT2D eigenvalue weighted by atomic mass is 10.0. The molecule has 0 spiro atoms. The van der Waals surface area contributed by atoms with Crippen molar-refractivity contribution in [1.82, 2.24) is 5.48 Å². The summed E-state index contributed by atoms with van der Waals surface area (Å²) < 4.78 is 5.31. The highest BCUT2D eigenvalue weighted by molar-refractivity contribution is 6.33. The maximum atomic E-state index is 6.16. The summed E-state index contributed by atoms with van der Waals surface area (Å²) in [5.41, 5.74) is 5.97. The van der Waals surface area contributed by atoms with Crippen molar-refractivity contribution in [2.75, 3.05) is 14.2 Å². The molecule has 1 aromatic carbocycles. The zero-order valence-electron chi connectivity index (χ0n) is 9.48. The first-order chi connectivity index (χ1) is 7.11. The van der Waals surface area contributed by atoms with Crippen molar-refractivity contribution in [3.8, 4) is 5.75 Å². The lowest BCUT2D eigenvalue weighted by Gasteiger charge is -2.15. The molecule has 0 aliphatic carbocycles. The molecule has 15 heavy (non-hydrogen) atoms. The molecule has 4 heteroatoms. The first-order valence-corrected chi connectivity index (χ1v) is 5.08. The van der Waals surface area contributed by atoms with Crippen LogP contribution in [0.3, 0.4) is 0 Å². The standard InChI is InChI=1S/C11H16ClNO2/c1-7-5-8(2)10(12)11(14-3)9(7)6-13-15-4/h5,13H,6H2,1-4H3. The van der Waals surface area contributed by atoms with Crippen LogP contribution in [-0.4, -0.2) is 14.2 Å². The molecular weight excluding hydrogens is 214 g/mol. The van der Waals surface area contributed by atoms with E-state index in [-0.39, 0.29) is 0 Å². The Balaban J connectivity index is 3.16. The van der Waals surface area contributed by atoms with Crippen molar-refractivity contribution in [1.29, 1.82) is 0 Å². The monoisotopic (exact) mass is 229 g/mol. The molecule has 0 aliphatic rings. The number of aryl methyl sites for hydroxylation is 2. The van der Waals surface area contributed by atoms with Crippen LogP contribution in [0.5, 0.6) is 5.75 Å². The Bertz CT molecular complexity index is 353. The van der Waals surface area contributed by atoms with Crippen molar-refractivity contribution >= 4 is 11.6 Å². The SMILES string of the molecule is CONCc1c(C)cc(C)c(Cl)c1OC. The average Bonchev–Trinajstić information content (AvgIpc) is 2.21. The van der Waals surface area contributed by atoms with E-state index in [1.807, 2.05) is 19.9 Å². The van der Waals surface area contributed by atoms with Crippen molar-refractivity contribution in [2.45, 2.75) is 20.4 Å². The Hall–Kier alpha value is -0.770. The minimum Gasteiger partial charge on any atom is -0.495 e.